The lowest BCUT2D eigenvalue weighted by Gasteiger charge is -2.27. The summed E-state index contributed by atoms with van der Waals surface area (Å²) in [6.07, 6.45) is 0. The van der Waals surface area contributed by atoms with Crippen molar-refractivity contribution in [3.63, 3.8) is 0 Å². The molecular formula is C46H29NOS. The minimum absolute atomic E-state index is 0.155. The lowest BCUT2D eigenvalue weighted by Crippen LogP contribution is -2.10. The first-order valence-electron chi connectivity index (χ1n) is 23.7. The van der Waals surface area contributed by atoms with E-state index in [4.69, 9.17) is 16.8 Å². The summed E-state index contributed by atoms with van der Waals surface area (Å²) in [4.78, 5) is 0.885. The number of hydrogen-bond acceptors (Lipinski definition) is 3. The summed E-state index contributed by atoms with van der Waals surface area (Å²) < 4.78 is 164. The minimum atomic E-state index is -0.842. The Hall–Kier alpha value is -6.16. The van der Waals surface area contributed by atoms with Crippen LogP contribution in [0, 0.1) is 0 Å². The van der Waals surface area contributed by atoms with Gasteiger partial charge in [0.25, 0.3) is 0 Å². The molecule has 0 radical (unpaired) electrons. The molecule has 0 unspecified atom stereocenters. The molecule has 3 heteroatoms. The monoisotopic (exact) mass is 660 g/mol. The van der Waals surface area contributed by atoms with E-state index >= 15 is 0 Å². The Morgan fingerprint density at radius 2 is 1.29 bits per heavy atom. The normalized spacial score (nSPS) is 16.5. The van der Waals surface area contributed by atoms with Crippen LogP contribution in [-0.4, -0.2) is 0 Å². The first-order chi connectivity index (χ1) is 31.4. The molecule has 10 rings (SSSR count). The lowest BCUT2D eigenvalue weighted by molar-refractivity contribution is 0.672. The fraction of sp³-hybridized carbons (Fsp3) is 0. The molecule has 0 bridgehead atoms. The van der Waals surface area contributed by atoms with Gasteiger partial charge in [-0.1, -0.05) is 127 Å². The van der Waals surface area contributed by atoms with E-state index in [1.54, 1.807) is 42.5 Å². The number of anilines is 3. The predicted octanol–water partition coefficient (Wildman–Crippen LogP) is 13.9. The van der Waals surface area contributed by atoms with Gasteiger partial charge in [0.15, 0.2) is 0 Å². The van der Waals surface area contributed by atoms with Crippen molar-refractivity contribution >= 4 is 81.3 Å². The zero-order valence-corrected chi connectivity index (χ0v) is 26.0. The molecule has 2 nitrogen and oxygen atoms in total. The van der Waals surface area contributed by atoms with Crippen LogP contribution in [0.3, 0.4) is 0 Å². The first kappa shape index (κ1) is 15.8. The Balaban J connectivity index is 1.45. The van der Waals surface area contributed by atoms with Crippen LogP contribution in [0.15, 0.2) is 180 Å². The van der Waals surface area contributed by atoms with Crippen LogP contribution in [0.4, 0.5) is 17.1 Å². The highest BCUT2D eigenvalue weighted by Crippen LogP contribution is 2.46. The third kappa shape index (κ3) is 4.55. The van der Waals surface area contributed by atoms with E-state index in [9.17, 15) is 11.0 Å². The number of hydrogen-bond donors (Lipinski definition) is 0. The molecule has 0 fully saturated rings. The van der Waals surface area contributed by atoms with Crippen LogP contribution in [-0.2, 0) is 0 Å². The Labute approximate surface area is 311 Å². The van der Waals surface area contributed by atoms with Gasteiger partial charge in [0.05, 0.1) is 34.4 Å². The summed E-state index contributed by atoms with van der Waals surface area (Å²) in [6.45, 7) is 0. The van der Waals surface area contributed by atoms with Crippen molar-refractivity contribution in [3.05, 3.63) is 176 Å². The third-order valence-electron chi connectivity index (χ3n) is 8.36. The van der Waals surface area contributed by atoms with Gasteiger partial charge in [-0.15, -0.1) is 11.3 Å². The zero-order chi connectivity index (χ0) is 47.1. The second-order valence-electron chi connectivity index (χ2n) is 11.2. The number of benzene rings is 8. The van der Waals surface area contributed by atoms with Crippen LogP contribution >= 0.6 is 11.3 Å². The molecule has 230 valence electrons. The summed E-state index contributed by atoms with van der Waals surface area (Å²) in [5.41, 5.74) is -2.50. The van der Waals surface area contributed by atoms with Crippen molar-refractivity contribution < 1.29 is 27.7 Å². The molecule has 0 saturated heterocycles. The van der Waals surface area contributed by atoms with Crippen molar-refractivity contribution in [2.45, 2.75) is 0 Å². The van der Waals surface area contributed by atoms with Gasteiger partial charge in [-0.3, -0.25) is 0 Å². The number of rotatable bonds is 5. The molecule has 2 aromatic heterocycles. The lowest BCUT2D eigenvalue weighted by atomic mass is 10.0. The fourth-order valence-corrected chi connectivity index (χ4v) is 7.40. The van der Waals surface area contributed by atoms with E-state index < -0.39 is 136 Å². The fourth-order valence-electron chi connectivity index (χ4n) is 6.17. The number of thiophene rings is 1. The second kappa shape index (κ2) is 11.2. The predicted molar refractivity (Wildman–Crippen MR) is 210 cm³/mol. The average Bonchev–Trinajstić information content (AvgIpc) is 3.90. The molecule has 0 amide bonds. The summed E-state index contributed by atoms with van der Waals surface area (Å²) >= 11 is 1.37. The molecule has 0 aliphatic rings. The number of furan rings is 1. The molecule has 0 atom stereocenters. The maximum atomic E-state index is 10.0. The molecule has 0 saturated carbocycles. The van der Waals surface area contributed by atoms with Crippen molar-refractivity contribution in [2.75, 3.05) is 4.90 Å². The van der Waals surface area contributed by atoms with Crippen LogP contribution in [0.2, 0.25) is 0 Å². The van der Waals surface area contributed by atoms with Crippen LogP contribution in [0.1, 0.15) is 23.3 Å². The van der Waals surface area contributed by atoms with Gasteiger partial charge in [-0.05, 0) is 76.0 Å². The van der Waals surface area contributed by atoms with Crippen LogP contribution < -0.4 is 4.90 Å². The van der Waals surface area contributed by atoms with E-state index in [1.165, 1.54) is 11.3 Å². The van der Waals surface area contributed by atoms with E-state index in [1.807, 2.05) is 30.3 Å². The third-order valence-corrected chi connectivity index (χ3v) is 9.58. The van der Waals surface area contributed by atoms with Gasteiger partial charge in [0.1, 0.15) is 11.2 Å². The van der Waals surface area contributed by atoms with Gasteiger partial charge in [0.2, 0.25) is 0 Å². The van der Waals surface area contributed by atoms with Crippen LogP contribution in [0.5, 0.6) is 0 Å². The van der Waals surface area contributed by atoms with E-state index in [0.29, 0.717) is 10.3 Å². The summed E-state index contributed by atoms with van der Waals surface area (Å²) in [6, 6.07) is 9.07. The van der Waals surface area contributed by atoms with Crippen molar-refractivity contribution in [2.24, 2.45) is 0 Å². The molecule has 0 N–H and O–H groups in total. The van der Waals surface area contributed by atoms with Gasteiger partial charge >= 0.3 is 0 Å². The topological polar surface area (TPSA) is 16.4 Å². The Kier molecular flexibility index (Phi) is 3.63. The quantitative estimate of drug-likeness (QED) is 0.183. The standard InChI is InChI=1S/C46H29NOS/c1-2-12-30(13-3-1)32-15-8-17-34(28-32)47(41-23-11-24-42-44(41)40-27-26-31-14-4-5-19-36(31)45(40)48-42)35-18-9-16-33(29-35)37-21-10-22-39-38-20-6-7-25-43(38)49-46(37)39/h1-29H/i4D,5D,8D,9D,11D,14D,15D,16D,17D,18D,19D,23D,24D,26D,27D,28D,29D. The van der Waals surface area contributed by atoms with Crippen molar-refractivity contribution in [1.29, 1.82) is 0 Å². The summed E-state index contributed by atoms with van der Waals surface area (Å²) in [5.74, 6) is 0. The Morgan fingerprint density at radius 3 is 2.18 bits per heavy atom. The highest BCUT2D eigenvalue weighted by atomic mass is 32.1. The van der Waals surface area contributed by atoms with Gasteiger partial charge in [-0.2, -0.15) is 0 Å². The zero-order valence-electron chi connectivity index (χ0n) is 42.2. The second-order valence-corrected chi connectivity index (χ2v) is 12.2. The highest BCUT2D eigenvalue weighted by Gasteiger charge is 2.21. The molecule has 2 heterocycles. The molecule has 49 heavy (non-hydrogen) atoms. The average molecular weight is 661 g/mol. The van der Waals surface area contributed by atoms with Crippen molar-refractivity contribution in [1.82, 2.24) is 0 Å². The van der Waals surface area contributed by atoms with Gasteiger partial charge in [0, 0.05) is 42.3 Å². The highest BCUT2D eigenvalue weighted by molar-refractivity contribution is 7.26. The molecule has 0 spiro atoms. The maximum absolute atomic E-state index is 10.0. The molecule has 0 aliphatic carbocycles. The summed E-state index contributed by atoms with van der Waals surface area (Å²) in [5, 5.41) is 0.142. The first-order valence-corrected chi connectivity index (χ1v) is 16.0. The van der Waals surface area contributed by atoms with Gasteiger partial charge in [-0.25, -0.2) is 0 Å². The van der Waals surface area contributed by atoms with Gasteiger partial charge < -0.3 is 9.32 Å². The molecule has 10 aromatic rings. The number of fused-ring (bicyclic) bond motifs is 8. The number of nitrogens with zero attached hydrogens (tertiary/aromatic N) is 1. The smallest absolute Gasteiger partial charge is 0.143 e. The molecule has 8 aromatic carbocycles. The largest absolute Gasteiger partial charge is 0.455 e. The molecule has 0 aliphatic heterocycles. The Morgan fingerprint density at radius 1 is 0.531 bits per heavy atom. The van der Waals surface area contributed by atoms with Crippen molar-refractivity contribution in [3.8, 4) is 22.3 Å². The Bertz CT molecular complexity index is 3810. The van der Waals surface area contributed by atoms with E-state index in [0.717, 1.165) is 20.4 Å². The minimum Gasteiger partial charge on any atom is -0.455 e. The maximum Gasteiger partial charge on any atom is 0.143 e. The molecular weight excluding hydrogens is 615 g/mol. The summed E-state index contributed by atoms with van der Waals surface area (Å²) in [7, 11) is 0. The van der Waals surface area contributed by atoms with E-state index in [-0.39, 0.29) is 32.8 Å². The van der Waals surface area contributed by atoms with Crippen LogP contribution in [0.25, 0.3) is 75.1 Å². The van der Waals surface area contributed by atoms with E-state index in [2.05, 4.69) is 0 Å². The SMILES string of the molecule is [2H]c1c([2H])c(-c2ccccc2)c([2H])c(N(c2c([2H])c([2H])c([2H])c(-c3cccc4c3sc3ccccc34)c2[2H])c2c([2H])c([2H])c([2H])c3oc4c5c([2H])c([2H])c([2H])c([2H])c5c([2H])c([2H])c4c23)c1[2H].